The van der Waals surface area contributed by atoms with Crippen molar-refractivity contribution >= 4 is 27.3 Å². The molecule has 0 heterocycles. The third-order valence-electron chi connectivity index (χ3n) is 2.81. The first-order valence-electron chi connectivity index (χ1n) is 5.98. The molecule has 0 saturated heterocycles. The van der Waals surface area contributed by atoms with Gasteiger partial charge in [-0.15, -0.1) is 0 Å². The van der Waals surface area contributed by atoms with Crippen molar-refractivity contribution in [3.05, 3.63) is 68.4 Å². The van der Waals surface area contributed by atoms with Gasteiger partial charge >= 0.3 is 0 Å². The summed E-state index contributed by atoms with van der Waals surface area (Å²) < 4.78 is 13.7. The van der Waals surface area contributed by atoms with Crippen LogP contribution in [0.5, 0.6) is 0 Å². The van der Waals surface area contributed by atoms with E-state index in [4.69, 9.17) is 0 Å². The Balaban J connectivity index is 1.89. The Bertz CT molecular complexity index is 617. The number of benzene rings is 2. The van der Waals surface area contributed by atoms with Crippen LogP contribution in [0.4, 0.5) is 15.8 Å². The van der Waals surface area contributed by atoms with E-state index in [9.17, 15) is 14.5 Å². The summed E-state index contributed by atoms with van der Waals surface area (Å²) in [6, 6.07) is 11.2. The Morgan fingerprint density at radius 1 is 1.20 bits per heavy atom. The van der Waals surface area contributed by atoms with Crippen LogP contribution in [0.25, 0.3) is 0 Å². The third kappa shape index (κ3) is 3.77. The molecule has 4 nitrogen and oxygen atoms in total. The number of anilines is 1. The molecule has 6 heteroatoms. The van der Waals surface area contributed by atoms with Gasteiger partial charge in [0.2, 0.25) is 0 Å². The van der Waals surface area contributed by atoms with Gasteiger partial charge < -0.3 is 5.32 Å². The van der Waals surface area contributed by atoms with Gasteiger partial charge in [0, 0.05) is 24.4 Å². The number of nitro groups is 1. The molecule has 0 amide bonds. The van der Waals surface area contributed by atoms with Crippen LogP contribution in [0.1, 0.15) is 5.56 Å². The van der Waals surface area contributed by atoms with Crippen LogP contribution in [-0.4, -0.2) is 11.5 Å². The molecule has 0 unspecified atom stereocenters. The minimum absolute atomic E-state index is 0.0803. The fourth-order valence-electron chi connectivity index (χ4n) is 1.74. The second-order valence-corrected chi connectivity index (χ2v) is 5.08. The van der Waals surface area contributed by atoms with Gasteiger partial charge in [0.25, 0.3) is 5.69 Å². The van der Waals surface area contributed by atoms with Crippen LogP contribution < -0.4 is 5.32 Å². The van der Waals surface area contributed by atoms with E-state index in [2.05, 4.69) is 21.2 Å². The van der Waals surface area contributed by atoms with E-state index in [-0.39, 0.29) is 11.5 Å². The van der Waals surface area contributed by atoms with Gasteiger partial charge in [0.15, 0.2) is 0 Å². The molecule has 0 aromatic heterocycles. The van der Waals surface area contributed by atoms with E-state index < -0.39 is 4.92 Å². The van der Waals surface area contributed by atoms with Crippen molar-refractivity contribution in [2.75, 3.05) is 11.9 Å². The Morgan fingerprint density at radius 2 is 1.90 bits per heavy atom. The fourth-order valence-corrected chi connectivity index (χ4v) is 1.99. The van der Waals surface area contributed by atoms with Gasteiger partial charge in [-0.3, -0.25) is 10.1 Å². The zero-order chi connectivity index (χ0) is 14.5. The molecule has 0 aliphatic carbocycles. The van der Waals surface area contributed by atoms with Crippen LogP contribution in [0.2, 0.25) is 0 Å². The lowest BCUT2D eigenvalue weighted by Crippen LogP contribution is -2.05. The van der Waals surface area contributed by atoms with Crippen molar-refractivity contribution in [3.8, 4) is 0 Å². The molecular formula is C14H12BrFN2O2. The SMILES string of the molecule is O=[N+]([O-])c1ccc(CCNc2ccc(Br)c(F)c2)cc1. The molecule has 20 heavy (non-hydrogen) atoms. The van der Waals surface area contributed by atoms with Crippen LogP contribution in [0.3, 0.4) is 0 Å². The molecule has 0 spiro atoms. The Hall–Kier alpha value is -1.95. The van der Waals surface area contributed by atoms with Crippen molar-refractivity contribution in [2.24, 2.45) is 0 Å². The number of non-ortho nitro benzene ring substituents is 1. The van der Waals surface area contributed by atoms with E-state index in [0.717, 1.165) is 5.56 Å². The highest BCUT2D eigenvalue weighted by molar-refractivity contribution is 9.10. The van der Waals surface area contributed by atoms with E-state index in [1.807, 2.05) is 0 Å². The number of hydrogen-bond donors (Lipinski definition) is 1. The van der Waals surface area contributed by atoms with Crippen molar-refractivity contribution in [2.45, 2.75) is 6.42 Å². The lowest BCUT2D eigenvalue weighted by atomic mass is 10.1. The number of nitrogens with zero attached hydrogens (tertiary/aromatic N) is 1. The molecular weight excluding hydrogens is 327 g/mol. The van der Waals surface area contributed by atoms with E-state index in [1.165, 1.54) is 18.2 Å². The van der Waals surface area contributed by atoms with Crippen LogP contribution in [0.15, 0.2) is 46.9 Å². The maximum Gasteiger partial charge on any atom is 0.269 e. The van der Waals surface area contributed by atoms with Crippen LogP contribution in [0, 0.1) is 15.9 Å². The summed E-state index contributed by atoms with van der Waals surface area (Å²) in [5.41, 5.74) is 1.77. The zero-order valence-corrected chi connectivity index (χ0v) is 12.1. The summed E-state index contributed by atoms with van der Waals surface area (Å²) in [5, 5.41) is 13.6. The standard InChI is InChI=1S/C14H12BrFN2O2/c15-13-6-3-11(9-14(13)16)17-8-7-10-1-4-12(5-2-10)18(19)20/h1-6,9,17H,7-8H2. The zero-order valence-electron chi connectivity index (χ0n) is 10.5. The highest BCUT2D eigenvalue weighted by atomic mass is 79.9. The highest BCUT2D eigenvalue weighted by Crippen LogP contribution is 2.19. The lowest BCUT2D eigenvalue weighted by molar-refractivity contribution is -0.384. The van der Waals surface area contributed by atoms with E-state index in [1.54, 1.807) is 24.3 Å². The molecule has 2 aromatic carbocycles. The number of rotatable bonds is 5. The van der Waals surface area contributed by atoms with Gasteiger partial charge in [-0.2, -0.15) is 0 Å². The molecule has 2 aromatic rings. The van der Waals surface area contributed by atoms with Gasteiger partial charge in [0.1, 0.15) is 5.82 Å². The maximum absolute atomic E-state index is 13.3. The van der Waals surface area contributed by atoms with Gasteiger partial charge in [-0.1, -0.05) is 12.1 Å². The predicted molar refractivity (Wildman–Crippen MR) is 79.4 cm³/mol. The summed E-state index contributed by atoms with van der Waals surface area (Å²) in [6.07, 6.45) is 0.704. The van der Waals surface area contributed by atoms with Crippen molar-refractivity contribution < 1.29 is 9.31 Å². The first-order valence-corrected chi connectivity index (χ1v) is 6.78. The summed E-state index contributed by atoms with van der Waals surface area (Å²) >= 11 is 3.09. The number of nitrogens with one attached hydrogen (secondary N) is 1. The molecule has 0 aliphatic heterocycles. The normalized spacial score (nSPS) is 10.3. The first-order chi connectivity index (χ1) is 9.56. The second-order valence-electron chi connectivity index (χ2n) is 4.23. The molecule has 2 rings (SSSR count). The van der Waals surface area contributed by atoms with Crippen LogP contribution in [-0.2, 0) is 6.42 Å². The molecule has 0 saturated carbocycles. The largest absolute Gasteiger partial charge is 0.385 e. The lowest BCUT2D eigenvalue weighted by Gasteiger charge is -2.07. The molecule has 0 radical (unpaired) electrons. The van der Waals surface area contributed by atoms with Crippen molar-refractivity contribution in [1.82, 2.24) is 0 Å². The average Bonchev–Trinajstić information content (AvgIpc) is 2.43. The highest BCUT2D eigenvalue weighted by Gasteiger charge is 2.04. The van der Waals surface area contributed by atoms with Crippen LogP contribution >= 0.6 is 15.9 Å². The Kier molecular flexibility index (Phi) is 4.68. The summed E-state index contributed by atoms with van der Waals surface area (Å²) in [7, 11) is 0. The molecule has 104 valence electrons. The predicted octanol–water partition coefficient (Wildman–Crippen LogP) is 4.15. The fraction of sp³-hybridized carbons (Fsp3) is 0.143. The Labute approximate surface area is 123 Å². The molecule has 0 aliphatic rings. The smallest absolute Gasteiger partial charge is 0.269 e. The molecule has 1 N–H and O–H groups in total. The molecule has 0 bridgehead atoms. The summed E-state index contributed by atoms with van der Waals surface area (Å²) in [5.74, 6) is -0.315. The number of hydrogen-bond acceptors (Lipinski definition) is 3. The maximum atomic E-state index is 13.3. The van der Waals surface area contributed by atoms with Gasteiger partial charge in [-0.25, -0.2) is 4.39 Å². The van der Waals surface area contributed by atoms with Crippen molar-refractivity contribution in [1.29, 1.82) is 0 Å². The average molecular weight is 339 g/mol. The summed E-state index contributed by atoms with van der Waals surface area (Å²) in [4.78, 5) is 10.1. The number of halogens is 2. The van der Waals surface area contributed by atoms with E-state index in [0.29, 0.717) is 23.1 Å². The minimum Gasteiger partial charge on any atom is -0.385 e. The first kappa shape index (κ1) is 14.5. The quantitative estimate of drug-likeness (QED) is 0.658. The second kappa shape index (κ2) is 6.47. The van der Waals surface area contributed by atoms with Gasteiger partial charge in [-0.05, 0) is 46.1 Å². The van der Waals surface area contributed by atoms with Crippen molar-refractivity contribution in [3.63, 3.8) is 0 Å². The summed E-state index contributed by atoms with van der Waals surface area (Å²) in [6.45, 7) is 0.624. The van der Waals surface area contributed by atoms with E-state index >= 15 is 0 Å². The topological polar surface area (TPSA) is 55.2 Å². The third-order valence-corrected chi connectivity index (χ3v) is 3.45. The van der Waals surface area contributed by atoms with Gasteiger partial charge in [0.05, 0.1) is 9.40 Å². The number of nitro benzene ring substituents is 1. The minimum atomic E-state index is -0.424. The molecule has 0 fully saturated rings. The Morgan fingerprint density at radius 3 is 2.50 bits per heavy atom. The monoisotopic (exact) mass is 338 g/mol. The molecule has 0 atom stereocenters.